The van der Waals surface area contributed by atoms with Gasteiger partial charge in [-0.15, -0.1) is 0 Å². The molecule has 1 rings (SSSR count). The van der Waals surface area contributed by atoms with Crippen molar-refractivity contribution in [2.24, 2.45) is 0 Å². The van der Waals surface area contributed by atoms with E-state index in [0.29, 0.717) is 11.3 Å². The monoisotopic (exact) mass is 283 g/mol. The molecule has 0 aromatic heterocycles. The molecule has 3 nitrogen and oxygen atoms in total. The fraction of sp³-hybridized carbons (Fsp3) is 0.333. The number of carbonyl (C=O) groups is 2. The van der Waals surface area contributed by atoms with E-state index in [2.05, 4.69) is 21.2 Å². The number of ketones is 1. The molecule has 0 spiro atoms. The van der Waals surface area contributed by atoms with Gasteiger partial charge in [0.25, 0.3) is 0 Å². The molecule has 1 atom stereocenters. The number of anilines is 1. The maximum Gasteiger partial charge on any atom is 0.221 e. The van der Waals surface area contributed by atoms with Gasteiger partial charge in [0.2, 0.25) is 5.91 Å². The first-order valence-electron chi connectivity index (χ1n) is 5.10. The minimum Gasteiger partial charge on any atom is -0.326 e. The number of carbonyl (C=O) groups excluding carboxylic acids is 2. The summed E-state index contributed by atoms with van der Waals surface area (Å²) in [6, 6.07) is 6.89. The van der Waals surface area contributed by atoms with Crippen LogP contribution < -0.4 is 5.32 Å². The summed E-state index contributed by atoms with van der Waals surface area (Å²) in [5.74, 6) is -0.0529. The van der Waals surface area contributed by atoms with Crippen LogP contribution in [0.4, 0.5) is 5.69 Å². The van der Waals surface area contributed by atoms with Crippen molar-refractivity contribution in [3.8, 4) is 0 Å². The molecule has 1 N–H and O–H groups in total. The van der Waals surface area contributed by atoms with Gasteiger partial charge in [0.05, 0.1) is 4.83 Å². The number of Topliss-reactive ketones (excluding diaryl/α,β-unsaturated/α-hetero) is 1. The second-order valence-electron chi connectivity index (χ2n) is 3.50. The molecular weight excluding hydrogens is 270 g/mol. The average molecular weight is 284 g/mol. The van der Waals surface area contributed by atoms with Crippen LogP contribution in [0.2, 0.25) is 0 Å². The highest BCUT2D eigenvalue weighted by atomic mass is 79.9. The predicted molar refractivity (Wildman–Crippen MR) is 68.1 cm³/mol. The minimum atomic E-state index is -0.140. The number of alkyl halides is 1. The summed E-state index contributed by atoms with van der Waals surface area (Å²) in [5.41, 5.74) is 1.35. The van der Waals surface area contributed by atoms with Crippen molar-refractivity contribution in [3.05, 3.63) is 29.8 Å². The lowest BCUT2D eigenvalue weighted by molar-refractivity contribution is -0.114. The second kappa shape index (κ2) is 5.80. The molecule has 0 aliphatic rings. The quantitative estimate of drug-likeness (QED) is 0.682. The van der Waals surface area contributed by atoms with Crippen LogP contribution in [0.3, 0.4) is 0 Å². The van der Waals surface area contributed by atoms with Gasteiger partial charge in [-0.1, -0.05) is 22.9 Å². The first kappa shape index (κ1) is 12.9. The number of amides is 1. The van der Waals surface area contributed by atoms with Crippen LogP contribution in [0.5, 0.6) is 0 Å². The molecule has 0 saturated heterocycles. The summed E-state index contributed by atoms with van der Waals surface area (Å²) in [6.45, 7) is 3.40. The van der Waals surface area contributed by atoms with Gasteiger partial charge in [-0.3, -0.25) is 9.59 Å². The molecule has 0 radical (unpaired) electrons. The largest absolute Gasteiger partial charge is 0.326 e. The summed E-state index contributed by atoms with van der Waals surface area (Å²) in [5, 5.41) is 2.65. The predicted octanol–water partition coefficient (Wildman–Crippen LogP) is 3.00. The summed E-state index contributed by atoms with van der Waals surface area (Å²) < 4.78 is 0. The molecule has 1 unspecified atom stereocenters. The molecule has 0 heterocycles. The zero-order chi connectivity index (χ0) is 12.1. The standard InChI is InChI=1S/C12H14BrNO2/c1-3-11(13)12(16)9-4-6-10(7-5-9)14-8(2)15/h4-7,11H,3H2,1-2H3,(H,14,15). The number of rotatable bonds is 4. The van der Waals surface area contributed by atoms with Crippen molar-refractivity contribution in [3.63, 3.8) is 0 Å². The third kappa shape index (κ3) is 3.45. The number of hydrogen-bond donors (Lipinski definition) is 1. The molecule has 16 heavy (non-hydrogen) atoms. The Kier molecular flexibility index (Phi) is 4.68. The number of halogens is 1. The summed E-state index contributed by atoms with van der Waals surface area (Å²) in [6.07, 6.45) is 0.756. The van der Waals surface area contributed by atoms with Crippen LogP contribution in [0.25, 0.3) is 0 Å². The van der Waals surface area contributed by atoms with Crippen molar-refractivity contribution in [2.75, 3.05) is 5.32 Å². The zero-order valence-electron chi connectivity index (χ0n) is 9.29. The molecule has 0 saturated carbocycles. The highest BCUT2D eigenvalue weighted by molar-refractivity contribution is 9.10. The molecule has 0 bridgehead atoms. The molecule has 1 aromatic rings. The molecule has 0 fully saturated rings. The smallest absolute Gasteiger partial charge is 0.221 e. The topological polar surface area (TPSA) is 46.2 Å². The highest BCUT2D eigenvalue weighted by Gasteiger charge is 2.14. The van der Waals surface area contributed by atoms with Crippen LogP contribution in [0, 0.1) is 0 Å². The first-order valence-corrected chi connectivity index (χ1v) is 6.02. The highest BCUT2D eigenvalue weighted by Crippen LogP contribution is 2.15. The molecule has 0 aliphatic carbocycles. The SMILES string of the molecule is CCC(Br)C(=O)c1ccc(NC(C)=O)cc1. The van der Waals surface area contributed by atoms with E-state index in [0.717, 1.165) is 6.42 Å². The van der Waals surface area contributed by atoms with E-state index in [1.165, 1.54) is 6.92 Å². The molecule has 1 amide bonds. The van der Waals surface area contributed by atoms with Crippen LogP contribution in [-0.4, -0.2) is 16.5 Å². The molecule has 0 aliphatic heterocycles. The van der Waals surface area contributed by atoms with Gasteiger partial charge in [0, 0.05) is 18.2 Å². The number of benzene rings is 1. The van der Waals surface area contributed by atoms with Gasteiger partial charge in [-0.25, -0.2) is 0 Å². The van der Waals surface area contributed by atoms with Gasteiger partial charge < -0.3 is 5.32 Å². The van der Waals surface area contributed by atoms with Crippen molar-refractivity contribution in [1.82, 2.24) is 0 Å². The molecule has 86 valence electrons. The van der Waals surface area contributed by atoms with Crippen molar-refractivity contribution >= 4 is 33.3 Å². The summed E-state index contributed by atoms with van der Waals surface area (Å²) in [4.78, 5) is 22.4. The van der Waals surface area contributed by atoms with Gasteiger partial charge in [0.15, 0.2) is 5.78 Å². The maximum atomic E-state index is 11.8. The van der Waals surface area contributed by atoms with Crippen LogP contribution >= 0.6 is 15.9 Å². The third-order valence-electron chi connectivity index (χ3n) is 2.13. The Morgan fingerprint density at radius 3 is 2.31 bits per heavy atom. The van der Waals surface area contributed by atoms with E-state index in [1.807, 2.05) is 6.92 Å². The maximum absolute atomic E-state index is 11.8. The lowest BCUT2D eigenvalue weighted by atomic mass is 10.1. The minimum absolute atomic E-state index is 0.0666. The van der Waals surface area contributed by atoms with Crippen LogP contribution in [0.15, 0.2) is 24.3 Å². The van der Waals surface area contributed by atoms with E-state index in [4.69, 9.17) is 0 Å². The Morgan fingerprint density at radius 1 is 1.31 bits per heavy atom. The second-order valence-corrected chi connectivity index (χ2v) is 4.60. The van der Waals surface area contributed by atoms with E-state index in [9.17, 15) is 9.59 Å². The lowest BCUT2D eigenvalue weighted by Crippen LogP contribution is -2.13. The Morgan fingerprint density at radius 2 is 1.88 bits per heavy atom. The van der Waals surface area contributed by atoms with E-state index < -0.39 is 0 Å². The molecule has 1 aromatic carbocycles. The van der Waals surface area contributed by atoms with Gasteiger partial charge in [-0.2, -0.15) is 0 Å². The normalized spacial score (nSPS) is 11.9. The number of nitrogens with one attached hydrogen (secondary N) is 1. The average Bonchev–Trinajstić information content (AvgIpc) is 2.27. The Hall–Kier alpha value is -1.16. The Balaban J connectivity index is 2.78. The van der Waals surface area contributed by atoms with Crippen molar-refractivity contribution in [1.29, 1.82) is 0 Å². The first-order chi connectivity index (χ1) is 7.54. The lowest BCUT2D eigenvalue weighted by Gasteiger charge is -2.07. The zero-order valence-corrected chi connectivity index (χ0v) is 10.9. The fourth-order valence-electron chi connectivity index (χ4n) is 1.29. The summed E-state index contributed by atoms with van der Waals surface area (Å²) in [7, 11) is 0. The van der Waals surface area contributed by atoms with E-state index >= 15 is 0 Å². The van der Waals surface area contributed by atoms with Crippen molar-refractivity contribution < 1.29 is 9.59 Å². The number of hydrogen-bond acceptors (Lipinski definition) is 2. The molecular formula is C12H14BrNO2. The van der Waals surface area contributed by atoms with Crippen LogP contribution in [0.1, 0.15) is 30.6 Å². The molecule has 4 heteroatoms. The van der Waals surface area contributed by atoms with E-state index in [-0.39, 0.29) is 16.5 Å². The Labute approximate surface area is 103 Å². The van der Waals surface area contributed by atoms with Crippen molar-refractivity contribution in [2.45, 2.75) is 25.1 Å². The van der Waals surface area contributed by atoms with Crippen LogP contribution in [-0.2, 0) is 4.79 Å². The van der Waals surface area contributed by atoms with E-state index in [1.54, 1.807) is 24.3 Å². The Bertz CT molecular complexity index is 387. The summed E-state index contributed by atoms with van der Waals surface area (Å²) >= 11 is 3.32. The van der Waals surface area contributed by atoms with Gasteiger partial charge in [-0.05, 0) is 30.7 Å². The van der Waals surface area contributed by atoms with Gasteiger partial charge in [0.1, 0.15) is 0 Å². The van der Waals surface area contributed by atoms with Gasteiger partial charge >= 0.3 is 0 Å². The fourth-order valence-corrected chi connectivity index (χ4v) is 1.55. The third-order valence-corrected chi connectivity index (χ3v) is 3.20.